The van der Waals surface area contributed by atoms with Crippen LogP contribution in [0.5, 0.6) is 17.2 Å². The van der Waals surface area contributed by atoms with Crippen molar-refractivity contribution in [3.8, 4) is 22.9 Å². The Labute approximate surface area is 231 Å². The number of aromatic nitrogens is 1. The number of benzene rings is 1. The van der Waals surface area contributed by atoms with Crippen LogP contribution in [0.25, 0.3) is 5.69 Å². The predicted octanol–water partition coefficient (Wildman–Crippen LogP) is 4.76. The third kappa shape index (κ3) is 8.29. The van der Waals surface area contributed by atoms with E-state index in [-0.39, 0.29) is 30.4 Å². The summed E-state index contributed by atoms with van der Waals surface area (Å²) in [5.41, 5.74) is -0.688. The van der Waals surface area contributed by atoms with Crippen LogP contribution in [0.15, 0.2) is 29.3 Å². The molecule has 12 heteroatoms. The van der Waals surface area contributed by atoms with Gasteiger partial charge in [0.1, 0.15) is 11.4 Å². The van der Waals surface area contributed by atoms with Crippen molar-refractivity contribution < 1.29 is 37.0 Å². The lowest BCUT2D eigenvalue weighted by atomic mass is 10.2. The minimum atomic E-state index is -4.65. The SMILES string of the molecule is CCCCOc1c(OCCCC)c(S(=O)(=O)NC(=O)OC(C)(C)C)n(-c2ccc(OC)cc2)c1C(=O)N(C)C. The normalized spacial score (nSPS) is 11.6. The number of methoxy groups -OCH3 is 1. The third-order valence-corrected chi connectivity index (χ3v) is 6.65. The highest BCUT2D eigenvalue weighted by atomic mass is 32.2. The van der Waals surface area contributed by atoms with Crippen LogP contribution in [-0.4, -0.2) is 69.9 Å². The lowest BCUT2D eigenvalue weighted by molar-refractivity contribution is 0.0569. The second-order valence-corrected chi connectivity index (χ2v) is 11.7. The fourth-order valence-electron chi connectivity index (χ4n) is 3.49. The van der Waals surface area contributed by atoms with Crippen LogP contribution >= 0.6 is 0 Å². The highest BCUT2D eigenvalue weighted by molar-refractivity contribution is 7.90. The lowest BCUT2D eigenvalue weighted by Crippen LogP contribution is -2.37. The zero-order valence-corrected chi connectivity index (χ0v) is 24.9. The van der Waals surface area contributed by atoms with Gasteiger partial charge in [-0.25, -0.2) is 9.52 Å². The topological polar surface area (TPSA) is 125 Å². The van der Waals surface area contributed by atoms with E-state index in [4.69, 9.17) is 18.9 Å². The number of sulfonamides is 1. The molecule has 0 saturated heterocycles. The molecule has 11 nitrogen and oxygen atoms in total. The van der Waals surface area contributed by atoms with E-state index >= 15 is 0 Å². The van der Waals surface area contributed by atoms with Crippen molar-refractivity contribution in [3.63, 3.8) is 0 Å². The molecule has 1 aromatic carbocycles. The molecule has 218 valence electrons. The molecule has 2 amide bonds. The first-order chi connectivity index (χ1) is 18.3. The van der Waals surface area contributed by atoms with Crippen molar-refractivity contribution in [3.05, 3.63) is 30.0 Å². The second-order valence-electron chi connectivity index (χ2n) is 10.1. The van der Waals surface area contributed by atoms with Gasteiger partial charge in [0.15, 0.2) is 11.4 Å². The van der Waals surface area contributed by atoms with Crippen molar-refractivity contribution in [2.45, 2.75) is 70.9 Å². The van der Waals surface area contributed by atoms with Crippen LogP contribution in [0.2, 0.25) is 0 Å². The minimum absolute atomic E-state index is 0.0152. The standard InChI is InChI=1S/C27H41N3O8S/c1-9-11-17-36-22-21(24(31)29(6)7)30(19-13-15-20(35-8)16-14-19)25(23(22)37-18-12-10-2)39(33,34)28-26(32)38-27(3,4)5/h13-16H,9-12,17-18H2,1-8H3,(H,28,32). The Morgan fingerprint density at radius 1 is 0.949 bits per heavy atom. The van der Waals surface area contributed by atoms with Crippen LogP contribution < -0.4 is 18.9 Å². The van der Waals surface area contributed by atoms with Gasteiger partial charge in [-0.05, 0) is 57.9 Å². The monoisotopic (exact) mass is 567 g/mol. The number of rotatable bonds is 13. The van der Waals surface area contributed by atoms with Gasteiger partial charge < -0.3 is 23.8 Å². The Kier molecular flexibility index (Phi) is 11.1. The number of hydrogen-bond acceptors (Lipinski definition) is 8. The maximum absolute atomic E-state index is 13.9. The molecular formula is C27H41N3O8S. The van der Waals surface area contributed by atoms with Gasteiger partial charge in [-0.1, -0.05) is 26.7 Å². The molecule has 0 unspecified atom stereocenters. The summed E-state index contributed by atoms with van der Waals surface area (Å²) in [6.07, 6.45) is 1.72. The number of nitrogens with zero attached hydrogens (tertiary/aromatic N) is 2. The summed E-state index contributed by atoms with van der Waals surface area (Å²) < 4.78 is 53.5. The molecule has 1 aromatic heterocycles. The van der Waals surface area contributed by atoms with Crippen molar-refractivity contribution in [1.29, 1.82) is 0 Å². The Morgan fingerprint density at radius 3 is 1.95 bits per heavy atom. The van der Waals surface area contributed by atoms with Crippen molar-refractivity contribution in [1.82, 2.24) is 14.2 Å². The van der Waals surface area contributed by atoms with E-state index in [1.54, 1.807) is 59.1 Å². The van der Waals surface area contributed by atoms with Crippen molar-refractivity contribution in [2.24, 2.45) is 0 Å². The van der Waals surface area contributed by atoms with E-state index in [9.17, 15) is 18.0 Å². The molecule has 2 aromatic rings. The lowest BCUT2D eigenvalue weighted by Gasteiger charge is -2.20. The Hall–Kier alpha value is -3.41. The van der Waals surface area contributed by atoms with Crippen LogP contribution in [0, 0.1) is 0 Å². The highest BCUT2D eigenvalue weighted by Gasteiger charge is 2.39. The molecule has 0 aliphatic rings. The van der Waals surface area contributed by atoms with E-state index in [0.29, 0.717) is 24.3 Å². The Morgan fingerprint density at radius 2 is 1.49 bits per heavy atom. The summed E-state index contributed by atoms with van der Waals surface area (Å²) in [5, 5.41) is -0.452. The second kappa shape index (κ2) is 13.6. The largest absolute Gasteiger partial charge is 0.497 e. The summed E-state index contributed by atoms with van der Waals surface area (Å²) >= 11 is 0. The highest BCUT2D eigenvalue weighted by Crippen LogP contribution is 2.44. The molecule has 39 heavy (non-hydrogen) atoms. The number of carbonyl (C=O) groups is 2. The van der Waals surface area contributed by atoms with Gasteiger partial charge in [0.2, 0.25) is 10.8 Å². The fourth-order valence-corrected chi connectivity index (χ4v) is 4.68. The fraction of sp³-hybridized carbons (Fsp3) is 0.556. The Balaban J connectivity index is 2.95. The van der Waals surface area contributed by atoms with Crippen LogP contribution in [0.4, 0.5) is 4.79 Å². The number of amides is 2. The van der Waals surface area contributed by atoms with Gasteiger partial charge in [0.05, 0.1) is 20.3 Å². The average Bonchev–Trinajstić information content (AvgIpc) is 3.17. The quantitative estimate of drug-likeness (QED) is 0.344. The van der Waals surface area contributed by atoms with Gasteiger partial charge in [-0.2, -0.15) is 8.42 Å². The molecular weight excluding hydrogens is 526 g/mol. The van der Waals surface area contributed by atoms with Gasteiger partial charge in [-0.15, -0.1) is 0 Å². The van der Waals surface area contributed by atoms with Gasteiger partial charge in [0.25, 0.3) is 15.9 Å². The predicted molar refractivity (Wildman–Crippen MR) is 148 cm³/mol. The number of hydrogen-bond donors (Lipinski definition) is 1. The molecule has 0 spiro atoms. The smallest absolute Gasteiger partial charge is 0.421 e. The van der Waals surface area contributed by atoms with Gasteiger partial charge in [0, 0.05) is 19.8 Å². The zero-order chi connectivity index (χ0) is 29.4. The molecule has 2 rings (SSSR count). The molecule has 1 heterocycles. The molecule has 0 radical (unpaired) electrons. The third-order valence-electron chi connectivity index (χ3n) is 5.34. The molecule has 1 N–H and O–H groups in total. The summed E-state index contributed by atoms with van der Waals surface area (Å²) in [5.74, 6) is -0.159. The van der Waals surface area contributed by atoms with Gasteiger partial charge >= 0.3 is 6.09 Å². The van der Waals surface area contributed by atoms with E-state index in [1.165, 1.54) is 16.6 Å². The summed E-state index contributed by atoms with van der Waals surface area (Å²) in [7, 11) is -0.0489. The molecule has 0 atom stereocenters. The van der Waals surface area contributed by atoms with E-state index < -0.39 is 32.7 Å². The molecule has 0 aliphatic heterocycles. The van der Waals surface area contributed by atoms with E-state index in [1.807, 2.05) is 18.6 Å². The van der Waals surface area contributed by atoms with Crippen molar-refractivity contribution in [2.75, 3.05) is 34.4 Å². The van der Waals surface area contributed by atoms with Crippen molar-refractivity contribution >= 4 is 22.0 Å². The zero-order valence-electron chi connectivity index (χ0n) is 24.1. The number of carbonyl (C=O) groups excluding carboxylic acids is 2. The average molecular weight is 568 g/mol. The number of ether oxygens (including phenoxy) is 4. The van der Waals surface area contributed by atoms with Gasteiger partial charge in [-0.3, -0.25) is 9.36 Å². The summed E-state index contributed by atoms with van der Waals surface area (Å²) in [6, 6.07) is 6.46. The molecule has 0 saturated carbocycles. The Bertz CT molecular complexity index is 1230. The van der Waals surface area contributed by atoms with Crippen LogP contribution in [0.1, 0.15) is 70.8 Å². The van der Waals surface area contributed by atoms with Crippen LogP contribution in [0.3, 0.4) is 0 Å². The molecule has 0 bridgehead atoms. The maximum Gasteiger partial charge on any atom is 0.421 e. The van der Waals surface area contributed by atoms with E-state index in [2.05, 4.69) is 0 Å². The maximum atomic E-state index is 13.9. The minimum Gasteiger partial charge on any atom is -0.497 e. The number of nitrogens with one attached hydrogen (secondary N) is 1. The summed E-state index contributed by atoms with van der Waals surface area (Å²) in [4.78, 5) is 27.5. The van der Waals surface area contributed by atoms with Crippen LogP contribution in [-0.2, 0) is 14.8 Å². The molecule has 0 aliphatic carbocycles. The molecule has 0 fully saturated rings. The number of unbranched alkanes of at least 4 members (excludes halogenated alkanes) is 2. The first kappa shape index (κ1) is 31.8. The van der Waals surface area contributed by atoms with E-state index in [0.717, 1.165) is 12.8 Å². The first-order valence-electron chi connectivity index (χ1n) is 12.9. The first-order valence-corrected chi connectivity index (χ1v) is 14.4. The summed E-state index contributed by atoms with van der Waals surface area (Å²) in [6.45, 7) is 9.19.